The molecule has 21 heavy (non-hydrogen) atoms. The standard InChI is InChI=1S/C16H17NO3S/c1-11-8-13(6-7-15(11)17)21(18,19)10-12-9-20-16-5-3-2-4-14(12)16/h2-8,12H,9-10,17H2,1H3. The van der Waals surface area contributed by atoms with Gasteiger partial charge in [0.2, 0.25) is 0 Å². The van der Waals surface area contributed by atoms with Gasteiger partial charge < -0.3 is 10.5 Å². The molecule has 0 aromatic heterocycles. The average molecular weight is 303 g/mol. The first kappa shape index (κ1) is 13.9. The summed E-state index contributed by atoms with van der Waals surface area (Å²) in [6.45, 7) is 2.22. The molecular weight excluding hydrogens is 286 g/mol. The maximum atomic E-state index is 12.6. The van der Waals surface area contributed by atoms with E-state index >= 15 is 0 Å². The summed E-state index contributed by atoms with van der Waals surface area (Å²) >= 11 is 0. The lowest BCUT2D eigenvalue weighted by Gasteiger charge is -2.11. The van der Waals surface area contributed by atoms with Crippen molar-refractivity contribution in [3.63, 3.8) is 0 Å². The number of ether oxygens (including phenoxy) is 1. The summed E-state index contributed by atoms with van der Waals surface area (Å²) in [5.41, 5.74) is 8.09. The lowest BCUT2D eigenvalue weighted by molar-refractivity contribution is 0.337. The lowest BCUT2D eigenvalue weighted by Crippen LogP contribution is -2.16. The summed E-state index contributed by atoms with van der Waals surface area (Å²) in [6.07, 6.45) is 0. The van der Waals surface area contributed by atoms with Gasteiger partial charge in [-0.05, 0) is 36.8 Å². The Morgan fingerprint density at radius 3 is 2.76 bits per heavy atom. The van der Waals surface area contributed by atoms with Gasteiger partial charge in [-0.2, -0.15) is 0 Å². The van der Waals surface area contributed by atoms with Crippen molar-refractivity contribution < 1.29 is 13.2 Å². The molecule has 1 atom stereocenters. The van der Waals surface area contributed by atoms with E-state index in [2.05, 4.69) is 0 Å². The Kier molecular flexibility index (Phi) is 3.37. The highest BCUT2D eigenvalue weighted by atomic mass is 32.2. The van der Waals surface area contributed by atoms with Gasteiger partial charge in [-0.25, -0.2) is 8.42 Å². The van der Waals surface area contributed by atoms with Gasteiger partial charge in [-0.15, -0.1) is 0 Å². The third-order valence-corrected chi connectivity index (χ3v) is 5.63. The fraction of sp³-hybridized carbons (Fsp3) is 0.250. The summed E-state index contributed by atoms with van der Waals surface area (Å²) in [5.74, 6) is 0.711. The number of rotatable bonds is 3. The molecule has 0 fully saturated rings. The van der Waals surface area contributed by atoms with Crippen LogP contribution in [0.25, 0.3) is 0 Å². The maximum Gasteiger partial charge on any atom is 0.179 e. The third kappa shape index (κ3) is 2.61. The van der Waals surface area contributed by atoms with Gasteiger partial charge in [-0.1, -0.05) is 18.2 Å². The molecule has 1 aliphatic rings. The summed E-state index contributed by atoms with van der Waals surface area (Å²) in [6, 6.07) is 12.4. The van der Waals surface area contributed by atoms with Crippen LogP contribution in [-0.4, -0.2) is 20.8 Å². The van der Waals surface area contributed by atoms with E-state index in [0.717, 1.165) is 16.9 Å². The van der Waals surface area contributed by atoms with Crippen molar-refractivity contribution in [3.8, 4) is 5.75 Å². The van der Waals surface area contributed by atoms with Crippen molar-refractivity contribution in [3.05, 3.63) is 53.6 Å². The summed E-state index contributed by atoms with van der Waals surface area (Å²) < 4.78 is 30.7. The molecule has 1 aliphatic heterocycles. The zero-order chi connectivity index (χ0) is 15.0. The first-order valence-electron chi connectivity index (χ1n) is 6.78. The Morgan fingerprint density at radius 1 is 1.24 bits per heavy atom. The predicted octanol–water partition coefficient (Wildman–Crippen LogP) is 2.53. The van der Waals surface area contributed by atoms with Crippen LogP contribution in [0.15, 0.2) is 47.4 Å². The van der Waals surface area contributed by atoms with Gasteiger partial charge in [-0.3, -0.25) is 0 Å². The number of hydrogen-bond acceptors (Lipinski definition) is 4. The van der Waals surface area contributed by atoms with E-state index in [4.69, 9.17) is 10.5 Å². The molecular formula is C16H17NO3S. The molecule has 0 saturated heterocycles. The van der Waals surface area contributed by atoms with Crippen LogP contribution >= 0.6 is 0 Å². The van der Waals surface area contributed by atoms with Crippen LogP contribution < -0.4 is 10.5 Å². The van der Waals surface area contributed by atoms with Crippen molar-refractivity contribution in [2.24, 2.45) is 0 Å². The SMILES string of the molecule is Cc1cc(S(=O)(=O)CC2COc3ccccc32)ccc1N. The second-order valence-corrected chi connectivity index (χ2v) is 7.38. The molecule has 0 bridgehead atoms. The van der Waals surface area contributed by atoms with E-state index in [1.807, 2.05) is 31.2 Å². The highest BCUT2D eigenvalue weighted by Gasteiger charge is 2.29. The highest BCUT2D eigenvalue weighted by molar-refractivity contribution is 7.91. The normalized spacial score (nSPS) is 17.3. The number of hydrogen-bond donors (Lipinski definition) is 1. The van der Waals surface area contributed by atoms with Crippen molar-refractivity contribution >= 4 is 15.5 Å². The van der Waals surface area contributed by atoms with Crippen LogP contribution in [0.4, 0.5) is 5.69 Å². The van der Waals surface area contributed by atoms with Crippen LogP contribution in [-0.2, 0) is 9.84 Å². The molecule has 0 spiro atoms. The monoisotopic (exact) mass is 303 g/mol. The molecule has 5 heteroatoms. The molecule has 1 heterocycles. The summed E-state index contributed by atoms with van der Waals surface area (Å²) in [5, 5.41) is 0. The van der Waals surface area contributed by atoms with E-state index in [0.29, 0.717) is 17.2 Å². The molecule has 1 unspecified atom stereocenters. The van der Waals surface area contributed by atoms with Crippen LogP contribution in [0, 0.1) is 6.92 Å². The smallest absolute Gasteiger partial charge is 0.179 e. The number of benzene rings is 2. The molecule has 2 aromatic carbocycles. The van der Waals surface area contributed by atoms with Crippen LogP contribution in [0.2, 0.25) is 0 Å². The summed E-state index contributed by atoms with van der Waals surface area (Å²) in [7, 11) is -3.36. The first-order valence-corrected chi connectivity index (χ1v) is 8.43. The van der Waals surface area contributed by atoms with E-state index < -0.39 is 9.84 Å². The topological polar surface area (TPSA) is 69.4 Å². The minimum Gasteiger partial charge on any atom is -0.493 e. The third-order valence-electron chi connectivity index (χ3n) is 3.82. The number of nitrogen functional groups attached to an aromatic ring is 1. The molecule has 0 amide bonds. The van der Waals surface area contributed by atoms with Crippen molar-refractivity contribution in [1.29, 1.82) is 0 Å². The Morgan fingerprint density at radius 2 is 2.00 bits per heavy atom. The number of sulfone groups is 1. The van der Waals surface area contributed by atoms with Gasteiger partial charge in [0.1, 0.15) is 5.75 Å². The number of anilines is 1. The first-order chi connectivity index (χ1) is 9.97. The largest absolute Gasteiger partial charge is 0.493 e. The molecule has 4 nitrogen and oxygen atoms in total. The number of fused-ring (bicyclic) bond motifs is 1. The maximum absolute atomic E-state index is 12.6. The fourth-order valence-corrected chi connectivity index (χ4v) is 4.20. The van der Waals surface area contributed by atoms with E-state index in [1.165, 1.54) is 0 Å². The molecule has 110 valence electrons. The predicted molar refractivity (Wildman–Crippen MR) is 82.3 cm³/mol. The van der Waals surface area contributed by atoms with Crippen molar-refractivity contribution in [1.82, 2.24) is 0 Å². The van der Waals surface area contributed by atoms with Gasteiger partial charge in [0.25, 0.3) is 0 Å². The second-order valence-electron chi connectivity index (χ2n) is 5.35. The molecule has 0 aliphatic carbocycles. The highest BCUT2D eigenvalue weighted by Crippen LogP contribution is 2.35. The molecule has 2 aromatic rings. The van der Waals surface area contributed by atoms with Crippen LogP contribution in [0.3, 0.4) is 0 Å². The zero-order valence-electron chi connectivity index (χ0n) is 11.7. The van der Waals surface area contributed by atoms with E-state index in [-0.39, 0.29) is 11.7 Å². The van der Waals surface area contributed by atoms with E-state index in [1.54, 1.807) is 18.2 Å². The van der Waals surface area contributed by atoms with Gasteiger partial charge in [0, 0.05) is 17.2 Å². The number of nitrogens with two attached hydrogens (primary N) is 1. The Bertz CT molecular complexity index is 784. The minimum atomic E-state index is -3.36. The quantitative estimate of drug-likeness (QED) is 0.885. The van der Waals surface area contributed by atoms with Crippen molar-refractivity contribution in [2.75, 3.05) is 18.1 Å². The average Bonchev–Trinajstić information content (AvgIpc) is 2.85. The van der Waals surface area contributed by atoms with E-state index in [9.17, 15) is 8.42 Å². The number of aryl methyl sites for hydroxylation is 1. The van der Waals surface area contributed by atoms with Crippen LogP contribution in [0.5, 0.6) is 5.75 Å². The van der Waals surface area contributed by atoms with Crippen LogP contribution in [0.1, 0.15) is 17.0 Å². The van der Waals surface area contributed by atoms with Crippen molar-refractivity contribution in [2.45, 2.75) is 17.7 Å². The Hall–Kier alpha value is -2.01. The molecule has 3 rings (SSSR count). The van der Waals surface area contributed by atoms with Gasteiger partial charge >= 0.3 is 0 Å². The molecule has 0 radical (unpaired) electrons. The number of para-hydroxylation sites is 1. The summed E-state index contributed by atoms with van der Waals surface area (Å²) in [4.78, 5) is 0.318. The molecule has 0 saturated carbocycles. The fourth-order valence-electron chi connectivity index (χ4n) is 2.57. The van der Waals surface area contributed by atoms with Gasteiger partial charge in [0.15, 0.2) is 9.84 Å². The Labute approximate surface area is 124 Å². The second kappa shape index (κ2) is 5.07. The molecule has 2 N–H and O–H groups in total. The van der Waals surface area contributed by atoms with Gasteiger partial charge in [0.05, 0.1) is 17.3 Å². The Balaban J connectivity index is 1.89. The zero-order valence-corrected chi connectivity index (χ0v) is 12.6. The minimum absolute atomic E-state index is 0.0490. The lowest BCUT2D eigenvalue weighted by atomic mass is 10.0.